The van der Waals surface area contributed by atoms with E-state index >= 15 is 0 Å². The fourth-order valence-electron chi connectivity index (χ4n) is 3.67. The lowest BCUT2D eigenvalue weighted by molar-refractivity contribution is -0.118. The van der Waals surface area contributed by atoms with Crippen LogP contribution in [0.3, 0.4) is 0 Å². The predicted octanol–water partition coefficient (Wildman–Crippen LogP) is 3.77. The minimum Gasteiger partial charge on any atom is -0.497 e. The van der Waals surface area contributed by atoms with E-state index in [-0.39, 0.29) is 17.4 Å². The maximum absolute atomic E-state index is 13.2. The number of rotatable bonds is 7. The highest BCUT2D eigenvalue weighted by atomic mass is 32.2. The molecule has 7 nitrogen and oxygen atoms in total. The molecule has 4 rings (SSSR count). The summed E-state index contributed by atoms with van der Waals surface area (Å²) < 4.78 is 38.6. The number of hydrogen-bond donors (Lipinski definition) is 1. The van der Waals surface area contributed by atoms with Crippen LogP contribution in [0.4, 0.5) is 11.4 Å². The summed E-state index contributed by atoms with van der Waals surface area (Å²) in [7, 11) is -2.13. The van der Waals surface area contributed by atoms with Crippen molar-refractivity contribution < 1.29 is 22.7 Å². The predicted molar refractivity (Wildman–Crippen MR) is 123 cm³/mol. The summed E-state index contributed by atoms with van der Waals surface area (Å²) in [5, 5.41) is 2.74. The summed E-state index contributed by atoms with van der Waals surface area (Å²) in [4.78, 5) is 12.4. The first-order valence-corrected chi connectivity index (χ1v) is 11.6. The maximum Gasteiger partial charge on any atom is 0.264 e. The van der Waals surface area contributed by atoms with Gasteiger partial charge in [0.2, 0.25) is 0 Å². The number of aryl methyl sites for hydroxylation is 1. The van der Waals surface area contributed by atoms with Crippen molar-refractivity contribution in [3.05, 3.63) is 77.9 Å². The first-order valence-electron chi connectivity index (χ1n) is 10.2. The molecule has 0 atom stereocenters. The second-order valence-corrected chi connectivity index (χ2v) is 9.31. The topological polar surface area (TPSA) is 84.9 Å². The first-order chi connectivity index (χ1) is 15.4. The van der Waals surface area contributed by atoms with Crippen molar-refractivity contribution in [1.82, 2.24) is 0 Å². The van der Waals surface area contributed by atoms with Crippen LogP contribution in [-0.4, -0.2) is 34.6 Å². The molecule has 0 unspecified atom stereocenters. The van der Waals surface area contributed by atoms with E-state index in [1.807, 2.05) is 24.3 Å². The Kier molecular flexibility index (Phi) is 6.05. The van der Waals surface area contributed by atoms with Crippen LogP contribution in [0.15, 0.2) is 71.6 Å². The van der Waals surface area contributed by atoms with Gasteiger partial charge < -0.3 is 14.8 Å². The van der Waals surface area contributed by atoms with Crippen LogP contribution in [-0.2, 0) is 21.2 Å². The smallest absolute Gasteiger partial charge is 0.264 e. The fourth-order valence-corrected chi connectivity index (χ4v) is 5.26. The number of anilines is 2. The van der Waals surface area contributed by atoms with Crippen molar-refractivity contribution in [3.63, 3.8) is 0 Å². The Balaban J connectivity index is 1.44. The molecule has 1 aliphatic rings. The molecule has 0 aromatic heterocycles. The molecule has 3 aromatic rings. The zero-order valence-electron chi connectivity index (χ0n) is 17.9. The monoisotopic (exact) mass is 452 g/mol. The van der Waals surface area contributed by atoms with Crippen LogP contribution < -0.4 is 19.1 Å². The number of carbonyl (C=O) groups is 1. The standard InChI is InChI=1S/C24H24N2O5S/c1-17-14-21(32(28,29)26-13-12-18-6-3-4-9-22(18)26)10-11-23(17)31-16-24(27)25-19-7-5-8-20(15-19)30-2/h3-11,14-15H,12-13,16H2,1-2H3,(H,25,27). The van der Waals surface area contributed by atoms with E-state index < -0.39 is 10.0 Å². The molecule has 0 spiro atoms. The van der Waals surface area contributed by atoms with Gasteiger partial charge in [0.15, 0.2) is 6.61 Å². The number of ether oxygens (including phenoxy) is 2. The highest BCUT2D eigenvalue weighted by molar-refractivity contribution is 7.92. The number of sulfonamides is 1. The van der Waals surface area contributed by atoms with Crippen molar-refractivity contribution >= 4 is 27.3 Å². The highest BCUT2D eigenvalue weighted by Crippen LogP contribution is 2.33. The molecule has 1 N–H and O–H groups in total. The molecular formula is C24H24N2O5S. The Bertz CT molecular complexity index is 1260. The highest BCUT2D eigenvalue weighted by Gasteiger charge is 2.30. The summed E-state index contributed by atoms with van der Waals surface area (Å²) in [5.74, 6) is 0.756. The minimum atomic E-state index is -3.68. The van der Waals surface area contributed by atoms with Crippen molar-refractivity contribution in [2.75, 3.05) is 29.9 Å². The van der Waals surface area contributed by atoms with E-state index in [1.165, 1.54) is 10.4 Å². The normalized spacial score (nSPS) is 12.9. The number of carbonyl (C=O) groups excluding carboxylic acids is 1. The largest absolute Gasteiger partial charge is 0.497 e. The van der Waals surface area contributed by atoms with Gasteiger partial charge in [-0.15, -0.1) is 0 Å². The van der Waals surface area contributed by atoms with Crippen LogP contribution in [0.25, 0.3) is 0 Å². The van der Waals surface area contributed by atoms with Gasteiger partial charge in [-0.1, -0.05) is 24.3 Å². The Hall–Kier alpha value is -3.52. The number of para-hydroxylation sites is 1. The van der Waals surface area contributed by atoms with Crippen LogP contribution in [0.2, 0.25) is 0 Å². The van der Waals surface area contributed by atoms with Gasteiger partial charge in [-0.3, -0.25) is 9.10 Å². The number of amides is 1. The Morgan fingerprint density at radius 1 is 1.06 bits per heavy atom. The van der Waals surface area contributed by atoms with Gasteiger partial charge in [-0.25, -0.2) is 8.42 Å². The van der Waals surface area contributed by atoms with Gasteiger partial charge in [0.05, 0.1) is 17.7 Å². The Morgan fingerprint density at radius 2 is 1.88 bits per heavy atom. The molecule has 166 valence electrons. The van der Waals surface area contributed by atoms with Gasteiger partial charge in [-0.2, -0.15) is 0 Å². The maximum atomic E-state index is 13.2. The molecule has 1 heterocycles. The van der Waals surface area contributed by atoms with E-state index in [4.69, 9.17) is 9.47 Å². The number of hydrogen-bond acceptors (Lipinski definition) is 5. The average molecular weight is 453 g/mol. The zero-order chi connectivity index (χ0) is 22.7. The van der Waals surface area contributed by atoms with Gasteiger partial charge >= 0.3 is 0 Å². The summed E-state index contributed by atoms with van der Waals surface area (Å²) in [6.07, 6.45) is 0.692. The van der Waals surface area contributed by atoms with Crippen molar-refractivity contribution in [2.24, 2.45) is 0 Å². The first kappa shape index (κ1) is 21.7. The van der Waals surface area contributed by atoms with Crippen LogP contribution in [0.5, 0.6) is 11.5 Å². The molecule has 0 bridgehead atoms. The quantitative estimate of drug-likeness (QED) is 0.590. The zero-order valence-corrected chi connectivity index (χ0v) is 18.7. The molecule has 8 heteroatoms. The molecule has 1 aliphatic heterocycles. The number of methoxy groups -OCH3 is 1. The second kappa shape index (κ2) is 8.92. The number of nitrogens with zero attached hydrogens (tertiary/aromatic N) is 1. The average Bonchev–Trinajstić information content (AvgIpc) is 3.23. The van der Waals surface area contributed by atoms with E-state index in [2.05, 4.69) is 5.32 Å². The Labute approximate surface area is 187 Å². The molecule has 32 heavy (non-hydrogen) atoms. The summed E-state index contributed by atoms with van der Waals surface area (Å²) >= 11 is 0. The van der Waals surface area contributed by atoms with Gasteiger partial charge in [-0.05, 0) is 60.9 Å². The Morgan fingerprint density at radius 3 is 2.66 bits per heavy atom. The van der Waals surface area contributed by atoms with Crippen molar-refractivity contribution in [1.29, 1.82) is 0 Å². The van der Waals surface area contributed by atoms with Crippen molar-refractivity contribution in [2.45, 2.75) is 18.2 Å². The van der Waals surface area contributed by atoms with E-state index in [1.54, 1.807) is 50.4 Å². The molecule has 1 amide bonds. The lowest BCUT2D eigenvalue weighted by Gasteiger charge is -2.20. The molecule has 0 radical (unpaired) electrons. The summed E-state index contributed by atoms with van der Waals surface area (Å²) in [6, 6.07) is 19.2. The molecule has 0 fully saturated rings. The fraction of sp³-hybridized carbons (Fsp3) is 0.208. The van der Waals surface area contributed by atoms with Crippen LogP contribution in [0.1, 0.15) is 11.1 Å². The van der Waals surface area contributed by atoms with Crippen LogP contribution in [0, 0.1) is 6.92 Å². The second-order valence-electron chi connectivity index (χ2n) is 7.45. The summed E-state index contributed by atoms with van der Waals surface area (Å²) in [6.45, 7) is 1.97. The lowest BCUT2D eigenvalue weighted by atomic mass is 10.2. The summed E-state index contributed by atoms with van der Waals surface area (Å²) in [5.41, 5.74) is 2.98. The van der Waals surface area contributed by atoms with Gasteiger partial charge in [0.25, 0.3) is 15.9 Å². The van der Waals surface area contributed by atoms with E-state index in [0.717, 1.165) is 11.3 Å². The van der Waals surface area contributed by atoms with E-state index in [9.17, 15) is 13.2 Å². The minimum absolute atomic E-state index is 0.194. The number of fused-ring (bicyclic) bond motifs is 1. The number of benzene rings is 3. The van der Waals surface area contributed by atoms with Gasteiger partial charge in [0.1, 0.15) is 11.5 Å². The molecular weight excluding hydrogens is 428 g/mol. The molecule has 3 aromatic carbocycles. The SMILES string of the molecule is COc1cccc(NC(=O)COc2ccc(S(=O)(=O)N3CCc4ccccc43)cc2C)c1. The van der Waals surface area contributed by atoms with Crippen molar-refractivity contribution in [3.8, 4) is 11.5 Å². The molecule has 0 aliphatic carbocycles. The van der Waals surface area contributed by atoms with E-state index in [0.29, 0.717) is 35.7 Å². The third-order valence-corrected chi connectivity index (χ3v) is 7.10. The van der Waals surface area contributed by atoms with Gasteiger partial charge in [0, 0.05) is 18.3 Å². The number of nitrogens with one attached hydrogen (secondary N) is 1. The van der Waals surface area contributed by atoms with Crippen LogP contribution >= 0.6 is 0 Å². The third-order valence-electron chi connectivity index (χ3n) is 5.29. The third kappa shape index (κ3) is 4.40. The molecule has 0 saturated carbocycles. The lowest BCUT2D eigenvalue weighted by Crippen LogP contribution is -2.29. The molecule has 0 saturated heterocycles.